The molecule has 2 rings (SSSR count). The number of aliphatic hydroxyl groups excluding tert-OH is 1. The minimum atomic E-state index is -0.246. The van der Waals surface area contributed by atoms with Crippen molar-refractivity contribution in [3.05, 3.63) is 34.4 Å². The molecule has 0 bridgehead atoms. The van der Waals surface area contributed by atoms with Gasteiger partial charge in [-0.2, -0.15) is 0 Å². The van der Waals surface area contributed by atoms with Gasteiger partial charge in [-0.15, -0.1) is 0 Å². The van der Waals surface area contributed by atoms with Gasteiger partial charge in [0, 0.05) is 0 Å². The molecule has 2 unspecified atom stereocenters. The minimum Gasteiger partial charge on any atom is -0.388 e. The Morgan fingerprint density at radius 2 is 1.82 bits per heavy atom. The smallest absolute Gasteiger partial charge is 0.0798 e. The van der Waals surface area contributed by atoms with Gasteiger partial charge in [0.25, 0.3) is 0 Å². The van der Waals surface area contributed by atoms with Gasteiger partial charge in [-0.25, -0.2) is 0 Å². The number of aliphatic hydroxyl groups is 1. The van der Waals surface area contributed by atoms with Crippen molar-refractivity contribution in [2.75, 3.05) is 0 Å². The highest BCUT2D eigenvalue weighted by Gasteiger charge is 2.24. The molecule has 1 N–H and O–H groups in total. The van der Waals surface area contributed by atoms with Crippen LogP contribution in [0.2, 0.25) is 0 Å². The van der Waals surface area contributed by atoms with Gasteiger partial charge in [-0.1, -0.05) is 32.9 Å². The van der Waals surface area contributed by atoms with Crippen LogP contribution in [0.1, 0.15) is 62.0 Å². The van der Waals surface area contributed by atoms with Gasteiger partial charge in [0.1, 0.15) is 0 Å². The molecule has 1 nitrogen and oxygen atoms in total. The molecule has 2 atom stereocenters. The summed E-state index contributed by atoms with van der Waals surface area (Å²) in [6.45, 7) is 6.65. The van der Waals surface area contributed by atoms with Crippen molar-refractivity contribution in [1.29, 1.82) is 0 Å². The third-order valence-electron chi connectivity index (χ3n) is 4.15. The molecule has 0 saturated heterocycles. The first-order valence-electron chi connectivity index (χ1n) is 6.98. The fraction of sp³-hybridized carbons (Fsp3) is 0.625. The Bertz CT molecular complexity index is 395. The summed E-state index contributed by atoms with van der Waals surface area (Å²) in [5, 5.41) is 10.4. The molecule has 0 fully saturated rings. The molecule has 94 valence electrons. The lowest BCUT2D eigenvalue weighted by Gasteiger charge is -2.19. The molecule has 0 saturated carbocycles. The van der Waals surface area contributed by atoms with E-state index in [-0.39, 0.29) is 6.10 Å². The van der Waals surface area contributed by atoms with E-state index in [1.807, 2.05) is 0 Å². The van der Waals surface area contributed by atoms with Crippen LogP contribution >= 0.6 is 0 Å². The summed E-state index contributed by atoms with van der Waals surface area (Å²) in [6.07, 6.45) is 5.14. The number of hydrogen-bond acceptors (Lipinski definition) is 1. The van der Waals surface area contributed by atoms with E-state index < -0.39 is 0 Å². The summed E-state index contributed by atoms with van der Waals surface area (Å²) in [5.74, 6) is 0.631. The van der Waals surface area contributed by atoms with Crippen LogP contribution in [-0.2, 0) is 19.3 Å². The molecule has 0 aromatic heterocycles. The Kier molecular flexibility index (Phi) is 3.88. The molecule has 1 aromatic carbocycles. The third-order valence-corrected chi connectivity index (χ3v) is 4.15. The highest BCUT2D eigenvalue weighted by molar-refractivity contribution is 5.43. The predicted octanol–water partition coefficient (Wildman–Crippen LogP) is 3.82. The summed E-state index contributed by atoms with van der Waals surface area (Å²) in [6, 6.07) is 4.48. The van der Waals surface area contributed by atoms with Gasteiger partial charge >= 0.3 is 0 Å². The molecule has 1 aromatic rings. The summed E-state index contributed by atoms with van der Waals surface area (Å²) >= 11 is 0. The Morgan fingerprint density at radius 1 is 1.18 bits per heavy atom. The SMILES string of the molecule is CCc1ccc(CC)c2c1CCC(C)CC2O. The largest absolute Gasteiger partial charge is 0.388 e. The summed E-state index contributed by atoms with van der Waals surface area (Å²) in [7, 11) is 0. The first kappa shape index (κ1) is 12.6. The van der Waals surface area contributed by atoms with E-state index in [1.54, 1.807) is 0 Å². The van der Waals surface area contributed by atoms with Gasteiger partial charge in [0.15, 0.2) is 0 Å². The molecule has 0 radical (unpaired) electrons. The van der Waals surface area contributed by atoms with Crippen molar-refractivity contribution in [2.24, 2.45) is 5.92 Å². The molecule has 17 heavy (non-hydrogen) atoms. The molecule has 1 aliphatic carbocycles. The lowest BCUT2D eigenvalue weighted by Crippen LogP contribution is -2.07. The van der Waals surface area contributed by atoms with Crippen LogP contribution in [0, 0.1) is 5.92 Å². The lowest BCUT2D eigenvalue weighted by molar-refractivity contribution is 0.149. The molecule has 0 amide bonds. The summed E-state index contributed by atoms with van der Waals surface area (Å²) in [5.41, 5.74) is 5.49. The average molecular weight is 232 g/mol. The van der Waals surface area contributed by atoms with Crippen LogP contribution in [-0.4, -0.2) is 5.11 Å². The third kappa shape index (κ3) is 2.40. The second-order valence-electron chi connectivity index (χ2n) is 5.38. The Morgan fingerprint density at radius 3 is 2.47 bits per heavy atom. The van der Waals surface area contributed by atoms with Crippen LogP contribution in [0.15, 0.2) is 12.1 Å². The maximum atomic E-state index is 10.4. The second kappa shape index (κ2) is 5.22. The van der Waals surface area contributed by atoms with Gasteiger partial charge in [-0.05, 0) is 60.3 Å². The zero-order valence-electron chi connectivity index (χ0n) is 11.3. The Hall–Kier alpha value is -0.820. The van der Waals surface area contributed by atoms with Crippen molar-refractivity contribution < 1.29 is 5.11 Å². The monoisotopic (exact) mass is 232 g/mol. The number of fused-ring (bicyclic) bond motifs is 1. The predicted molar refractivity (Wildman–Crippen MR) is 72.3 cm³/mol. The second-order valence-corrected chi connectivity index (χ2v) is 5.38. The molecular formula is C16H24O. The van der Waals surface area contributed by atoms with E-state index in [9.17, 15) is 5.11 Å². The molecule has 0 aliphatic heterocycles. The van der Waals surface area contributed by atoms with E-state index in [0.29, 0.717) is 5.92 Å². The van der Waals surface area contributed by atoms with Crippen molar-refractivity contribution in [3.63, 3.8) is 0 Å². The van der Waals surface area contributed by atoms with E-state index in [1.165, 1.54) is 28.7 Å². The van der Waals surface area contributed by atoms with Gasteiger partial charge in [0.2, 0.25) is 0 Å². The number of aryl methyl sites for hydroxylation is 2. The molecule has 1 heteroatoms. The van der Waals surface area contributed by atoms with E-state index in [2.05, 4.69) is 32.9 Å². The lowest BCUT2D eigenvalue weighted by atomic mass is 9.89. The molecule has 0 heterocycles. The molecule has 0 spiro atoms. The van der Waals surface area contributed by atoms with Crippen LogP contribution in [0.4, 0.5) is 0 Å². The standard InChI is InChI=1S/C16H24O/c1-4-12-7-8-13(5-2)16-14(12)9-6-11(3)10-15(16)17/h7-8,11,15,17H,4-6,9-10H2,1-3H3. The minimum absolute atomic E-state index is 0.246. The Balaban J connectivity index is 2.54. The van der Waals surface area contributed by atoms with E-state index in [4.69, 9.17) is 0 Å². The van der Waals surface area contributed by atoms with E-state index in [0.717, 1.165) is 25.7 Å². The van der Waals surface area contributed by atoms with Gasteiger partial charge in [0.05, 0.1) is 6.10 Å². The maximum Gasteiger partial charge on any atom is 0.0798 e. The average Bonchev–Trinajstić information content (AvgIpc) is 2.48. The van der Waals surface area contributed by atoms with Gasteiger partial charge in [-0.3, -0.25) is 0 Å². The first-order chi connectivity index (χ1) is 8.17. The fourth-order valence-corrected chi connectivity index (χ4v) is 3.12. The number of benzene rings is 1. The highest BCUT2D eigenvalue weighted by Crippen LogP contribution is 2.36. The zero-order chi connectivity index (χ0) is 12.4. The highest BCUT2D eigenvalue weighted by atomic mass is 16.3. The van der Waals surface area contributed by atoms with Gasteiger partial charge < -0.3 is 5.11 Å². The van der Waals surface area contributed by atoms with Crippen molar-refractivity contribution >= 4 is 0 Å². The fourth-order valence-electron chi connectivity index (χ4n) is 3.12. The van der Waals surface area contributed by atoms with Crippen LogP contribution < -0.4 is 0 Å². The van der Waals surface area contributed by atoms with Crippen LogP contribution in [0.25, 0.3) is 0 Å². The quantitative estimate of drug-likeness (QED) is 0.769. The number of hydrogen-bond donors (Lipinski definition) is 1. The Labute approximate surface area is 105 Å². The molecular weight excluding hydrogens is 208 g/mol. The number of rotatable bonds is 2. The van der Waals surface area contributed by atoms with Crippen molar-refractivity contribution in [3.8, 4) is 0 Å². The van der Waals surface area contributed by atoms with Crippen molar-refractivity contribution in [1.82, 2.24) is 0 Å². The summed E-state index contributed by atoms with van der Waals surface area (Å²) in [4.78, 5) is 0. The zero-order valence-corrected chi connectivity index (χ0v) is 11.3. The van der Waals surface area contributed by atoms with Crippen LogP contribution in [0.3, 0.4) is 0 Å². The first-order valence-corrected chi connectivity index (χ1v) is 6.98. The van der Waals surface area contributed by atoms with Crippen molar-refractivity contribution in [2.45, 2.75) is 59.0 Å². The normalized spacial score (nSPS) is 24.2. The summed E-state index contributed by atoms with van der Waals surface area (Å²) < 4.78 is 0. The molecule has 1 aliphatic rings. The van der Waals surface area contributed by atoms with Crippen LogP contribution in [0.5, 0.6) is 0 Å². The van der Waals surface area contributed by atoms with E-state index >= 15 is 0 Å². The topological polar surface area (TPSA) is 20.2 Å². The maximum absolute atomic E-state index is 10.4.